The van der Waals surface area contributed by atoms with Crippen molar-refractivity contribution >= 4 is 5.97 Å². The smallest absolute Gasteiger partial charge is 0.325 e. The maximum Gasteiger partial charge on any atom is 0.325 e. The summed E-state index contributed by atoms with van der Waals surface area (Å²) in [6, 6.07) is 3.16. The Morgan fingerprint density at radius 1 is 1.64 bits per heavy atom. The van der Waals surface area contributed by atoms with Crippen LogP contribution in [-0.4, -0.2) is 11.1 Å². The van der Waals surface area contributed by atoms with Gasteiger partial charge in [-0.2, -0.15) is 0 Å². The van der Waals surface area contributed by atoms with Crippen LogP contribution in [0.4, 0.5) is 4.39 Å². The minimum absolute atomic E-state index is 0.347. The molecule has 1 aromatic rings. The van der Waals surface area contributed by atoms with Gasteiger partial charge in [0.1, 0.15) is 11.9 Å². The Morgan fingerprint density at radius 2 is 2.29 bits per heavy atom. The second-order valence-corrected chi connectivity index (χ2v) is 2.98. The number of hydrogen-bond acceptors (Lipinski definition) is 2. The van der Waals surface area contributed by atoms with E-state index < -0.39 is 17.8 Å². The van der Waals surface area contributed by atoms with Gasteiger partial charge in [0, 0.05) is 0 Å². The summed E-state index contributed by atoms with van der Waals surface area (Å²) in [5, 5.41) is 8.70. The fraction of sp³-hybridized carbons (Fsp3) is 0.300. The Hall–Kier alpha value is -1.42. The zero-order chi connectivity index (χ0) is 10.7. The maximum atomic E-state index is 13.2. The van der Waals surface area contributed by atoms with Crippen molar-refractivity contribution in [3.8, 4) is 0 Å². The van der Waals surface area contributed by atoms with Crippen LogP contribution in [-0.2, 0) is 11.2 Å². The molecular formula is C10H12FNO2. The predicted molar refractivity (Wildman–Crippen MR) is 50.3 cm³/mol. The third-order valence-electron chi connectivity index (χ3n) is 2.11. The number of hydrogen-bond donors (Lipinski definition) is 2. The van der Waals surface area contributed by atoms with Gasteiger partial charge in [-0.05, 0) is 23.6 Å². The fourth-order valence-corrected chi connectivity index (χ4v) is 1.37. The molecule has 0 amide bonds. The first-order valence-electron chi connectivity index (χ1n) is 4.33. The standard InChI is InChI=1S/C10H12FNO2/c1-2-6-7(9(12)10(13)14)4-3-5-8(6)11/h3-5,9H,2,12H2,1H3,(H,13,14)/t9-/m0/s1. The van der Waals surface area contributed by atoms with E-state index in [1.165, 1.54) is 12.1 Å². The lowest BCUT2D eigenvalue weighted by atomic mass is 9.99. The van der Waals surface area contributed by atoms with Gasteiger partial charge < -0.3 is 10.8 Å². The van der Waals surface area contributed by atoms with Gasteiger partial charge in [0.25, 0.3) is 0 Å². The van der Waals surface area contributed by atoms with Crippen molar-refractivity contribution < 1.29 is 14.3 Å². The second-order valence-electron chi connectivity index (χ2n) is 2.98. The average Bonchev–Trinajstić information content (AvgIpc) is 2.16. The summed E-state index contributed by atoms with van der Waals surface area (Å²) in [4.78, 5) is 10.6. The first-order chi connectivity index (χ1) is 6.57. The van der Waals surface area contributed by atoms with Crippen LogP contribution in [0, 0.1) is 5.82 Å². The van der Waals surface area contributed by atoms with Crippen molar-refractivity contribution in [3.05, 3.63) is 35.1 Å². The molecule has 0 saturated heterocycles. The monoisotopic (exact) mass is 197 g/mol. The maximum absolute atomic E-state index is 13.2. The molecule has 76 valence electrons. The molecule has 0 aliphatic carbocycles. The molecule has 0 heterocycles. The van der Waals surface area contributed by atoms with Gasteiger partial charge in [-0.1, -0.05) is 19.1 Å². The molecule has 1 rings (SSSR count). The number of benzene rings is 1. The second kappa shape index (κ2) is 4.19. The molecule has 0 aliphatic rings. The SMILES string of the molecule is CCc1c(F)cccc1[C@H](N)C(=O)O. The number of carbonyl (C=O) groups is 1. The van der Waals surface area contributed by atoms with Gasteiger partial charge in [0.15, 0.2) is 0 Å². The lowest BCUT2D eigenvalue weighted by Gasteiger charge is -2.12. The molecule has 0 radical (unpaired) electrons. The lowest BCUT2D eigenvalue weighted by Crippen LogP contribution is -2.22. The van der Waals surface area contributed by atoms with Crippen LogP contribution in [0.2, 0.25) is 0 Å². The molecule has 0 unspecified atom stereocenters. The highest BCUT2D eigenvalue weighted by Crippen LogP contribution is 2.19. The Balaban J connectivity index is 3.20. The van der Waals surface area contributed by atoms with Gasteiger partial charge in [-0.3, -0.25) is 4.79 Å². The van der Waals surface area contributed by atoms with E-state index >= 15 is 0 Å². The molecule has 0 aliphatic heterocycles. The van der Waals surface area contributed by atoms with E-state index in [0.29, 0.717) is 17.5 Å². The van der Waals surface area contributed by atoms with E-state index in [0.717, 1.165) is 0 Å². The van der Waals surface area contributed by atoms with Gasteiger partial charge >= 0.3 is 5.97 Å². The Kier molecular flexibility index (Phi) is 3.19. The Bertz CT molecular complexity index is 352. The first kappa shape index (κ1) is 10.7. The fourth-order valence-electron chi connectivity index (χ4n) is 1.37. The van der Waals surface area contributed by atoms with Crippen LogP contribution in [0.5, 0.6) is 0 Å². The predicted octanol–water partition coefficient (Wildman–Crippen LogP) is 1.47. The average molecular weight is 197 g/mol. The Morgan fingerprint density at radius 3 is 2.79 bits per heavy atom. The topological polar surface area (TPSA) is 63.3 Å². The number of rotatable bonds is 3. The molecule has 0 aromatic heterocycles. The molecule has 3 N–H and O–H groups in total. The van der Waals surface area contributed by atoms with E-state index in [9.17, 15) is 9.18 Å². The van der Waals surface area contributed by atoms with Gasteiger partial charge in [-0.15, -0.1) is 0 Å². The molecule has 0 fully saturated rings. The van der Waals surface area contributed by atoms with Crippen LogP contribution in [0.15, 0.2) is 18.2 Å². The largest absolute Gasteiger partial charge is 0.480 e. The quantitative estimate of drug-likeness (QED) is 0.771. The van der Waals surface area contributed by atoms with Gasteiger partial charge in [0.05, 0.1) is 0 Å². The van der Waals surface area contributed by atoms with E-state index in [1.807, 2.05) is 0 Å². The minimum atomic E-state index is -1.15. The molecule has 0 saturated carbocycles. The van der Waals surface area contributed by atoms with Gasteiger partial charge in [-0.25, -0.2) is 4.39 Å². The van der Waals surface area contributed by atoms with E-state index in [2.05, 4.69) is 0 Å². The normalized spacial score (nSPS) is 12.5. The summed E-state index contributed by atoms with van der Waals surface area (Å²) in [6.07, 6.45) is 0.434. The van der Waals surface area contributed by atoms with Crippen molar-refractivity contribution in [2.45, 2.75) is 19.4 Å². The first-order valence-corrected chi connectivity index (χ1v) is 4.33. The third-order valence-corrected chi connectivity index (χ3v) is 2.11. The lowest BCUT2D eigenvalue weighted by molar-refractivity contribution is -0.138. The third kappa shape index (κ3) is 1.90. The zero-order valence-corrected chi connectivity index (χ0v) is 7.83. The number of carboxylic acids is 1. The summed E-state index contributed by atoms with van der Waals surface area (Å²) in [6.45, 7) is 1.76. The molecule has 1 atom stereocenters. The number of aliphatic carboxylic acids is 1. The van der Waals surface area contributed by atoms with E-state index in [-0.39, 0.29) is 0 Å². The molecule has 14 heavy (non-hydrogen) atoms. The molecule has 0 bridgehead atoms. The van der Waals surface area contributed by atoms with Crippen LogP contribution in [0.3, 0.4) is 0 Å². The molecule has 3 nitrogen and oxygen atoms in total. The van der Waals surface area contributed by atoms with Crippen LogP contribution >= 0.6 is 0 Å². The van der Waals surface area contributed by atoms with E-state index in [4.69, 9.17) is 10.8 Å². The molecule has 4 heteroatoms. The van der Waals surface area contributed by atoms with Crippen molar-refractivity contribution in [3.63, 3.8) is 0 Å². The molecular weight excluding hydrogens is 185 g/mol. The highest BCUT2D eigenvalue weighted by Gasteiger charge is 2.18. The summed E-state index contributed by atoms with van der Waals surface area (Å²) < 4.78 is 13.2. The van der Waals surface area contributed by atoms with Crippen LogP contribution < -0.4 is 5.73 Å². The number of halogens is 1. The number of nitrogens with two attached hydrogens (primary N) is 1. The molecule has 1 aromatic carbocycles. The van der Waals surface area contributed by atoms with Crippen molar-refractivity contribution in [1.29, 1.82) is 0 Å². The summed E-state index contributed by atoms with van der Waals surface area (Å²) >= 11 is 0. The summed E-state index contributed by atoms with van der Waals surface area (Å²) in [5.74, 6) is -1.55. The van der Waals surface area contributed by atoms with Crippen molar-refractivity contribution in [2.75, 3.05) is 0 Å². The summed E-state index contributed by atoms with van der Waals surface area (Å²) in [5.41, 5.74) is 6.14. The highest BCUT2D eigenvalue weighted by atomic mass is 19.1. The highest BCUT2D eigenvalue weighted by molar-refractivity contribution is 5.75. The van der Waals surface area contributed by atoms with Crippen molar-refractivity contribution in [1.82, 2.24) is 0 Å². The molecule has 0 spiro atoms. The van der Waals surface area contributed by atoms with Gasteiger partial charge in [0.2, 0.25) is 0 Å². The number of carboxylic acid groups (broad SMARTS) is 1. The van der Waals surface area contributed by atoms with Crippen LogP contribution in [0.1, 0.15) is 24.1 Å². The van der Waals surface area contributed by atoms with Crippen LogP contribution in [0.25, 0.3) is 0 Å². The summed E-state index contributed by atoms with van der Waals surface area (Å²) in [7, 11) is 0. The minimum Gasteiger partial charge on any atom is -0.480 e. The van der Waals surface area contributed by atoms with Crippen molar-refractivity contribution in [2.24, 2.45) is 5.73 Å². The zero-order valence-electron chi connectivity index (χ0n) is 7.83. The Labute approximate surface area is 81.4 Å². The van der Waals surface area contributed by atoms with E-state index in [1.54, 1.807) is 13.0 Å².